The van der Waals surface area contributed by atoms with Crippen LogP contribution in [-0.2, 0) is 25.6 Å². The molecule has 5 aliphatic carbocycles. The fraction of sp³-hybridized carbons (Fsp3) is 0.636. The van der Waals surface area contributed by atoms with Crippen molar-refractivity contribution in [2.45, 2.75) is 145 Å². The minimum absolute atomic E-state index is 0. The van der Waals surface area contributed by atoms with Crippen LogP contribution in [0.1, 0.15) is 147 Å². The van der Waals surface area contributed by atoms with Gasteiger partial charge in [0.1, 0.15) is 0 Å². The van der Waals surface area contributed by atoms with Gasteiger partial charge >= 0.3 is 37.9 Å². The summed E-state index contributed by atoms with van der Waals surface area (Å²) in [5.41, 5.74) is 13.8. The summed E-state index contributed by atoms with van der Waals surface area (Å²) in [6, 6.07) is 22.7. The molecule has 5 fully saturated rings. The molecular weight excluding hydrogens is 839 g/mol. The standard InChI is InChI=1S/C53H74O.2CH3.2ClH.Zr/c1-29-16-30(2)20-37(19-29)48-40-14-13-15-41(40)49(38-21-31(3)17-32(4)22-38)51-43(36(8)26-46(48)51)27-42-35(7)25-45-44(42)28-47(53(9,10)11)52(54-12)50(45)39-23-33(5)18-34(6)24-39;;;;;/h16-24,35-36,40-52H,13-15,25-28H2,1-12H3;2*1H3;2*1H;/q;2*-1;;;+4/p-2. The average molecular weight is 919 g/mol. The van der Waals surface area contributed by atoms with E-state index in [1.807, 2.05) is 7.11 Å². The quantitative estimate of drug-likeness (QED) is 0.224. The third-order valence-electron chi connectivity index (χ3n) is 16.8. The SMILES string of the molecule is COC1C(c2cc(C)cc(C)c2)C2CC(C)C(CC3C(C)CC4C(c5cc(C)cc(C)c5)C5CCCC5C(c5cc(C)cc(C)c5)C34)C2CC1C(C)(C)C.[CH3-].[CH3-].[Cl][Zr+2][Cl]. The van der Waals surface area contributed by atoms with Gasteiger partial charge in [0, 0.05) is 13.0 Å². The Balaban J connectivity index is 0.00000128. The Morgan fingerprint density at radius 1 is 0.559 bits per heavy atom. The van der Waals surface area contributed by atoms with Gasteiger partial charge in [0.05, 0.1) is 6.10 Å². The molecule has 5 aliphatic rings. The summed E-state index contributed by atoms with van der Waals surface area (Å²) in [5, 5.41) is 0. The van der Waals surface area contributed by atoms with Crippen LogP contribution in [0.15, 0.2) is 54.6 Å². The molecule has 324 valence electrons. The first kappa shape index (κ1) is 49.1. The molecule has 5 saturated carbocycles. The second kappa shape index (κ2) is 19.9. The Bertz CT molecular complexity index is 1800. The summed E-state index contributed by atoms with van der Waals surface area (Å²) >= 11 is -0.826. The van der Waals surface area contributed by atoms with Gasteiger partial charge in [0.2, 0.25) is 0 Å². The second-order valence-corrected chi connectivity index (χ2v) is 25.4. The molecule has 4 heteroatoms. The molecule has 0 saturated heterocycles. The minimum atomic E-state index is -0.826. The van der Waals surface area contributed by atoms with E-state index >= 15 is 0 Å². The molecule has 8 rings (SSSR count). The zero-order valence-electron chi connectivity index (χ0n) is 39.5. The van der Waals surface area contributed by atoms with Crippen molar-refractivity contribution in [3.8, 4) is 0 Å². The molecule has 0 heterocycles. The van der Waals surface area contributed by atoms with Crippen LogP contribution in [0, 0.1) is 127 Å². The summed E-state index contributed by atoms with van der Waals surface area (Å²) < 4.78 is 6.67. The molecule has 0 radical (unpaired) electrons. The number of ether oxygens (including phenoxy) is 1. The van der Waals surface area contributed by atoms with Crippen LogP contribution in [0.5, 0.6) is 0 Å². The maximum atomic E-state index is 6.67. The summed E-state index contributed by atoms with van der Waals surface area (Å²) in [5.74, 6) is 10.2. The van der Waals surface area contributed by atoms with E-state index in [9.17, 15) is 0 Å². The maximum absolute atomic E-state index is 6.67. The Morgan fingerprint density at radius 2 is 0.966 bits per heavy atom. The number of hydrogen-bond acceptors (Lipinski definition) is 1. The molecule has 0 aromatic heterocycles. The predicted molar refractivity (Wildman–Crippen MR) is 253 cm³/mol. The van der Waals surface area contributed by atoms with E-state index in [4.69, 9.17) is 21.8 Å². The van der Waals surface area contributed by atoms with E-state index in [0.717, 1.165) is 53.3 Å². The molecule has 3 aromatic rings. The van der Waals surface area contributed by atoms with Crippen molar-refractivity contribution >= 4 is 17.0 Å². The third kappa shape index (κ3) is 9.78. The van der Waals surface area contributed by atoms with Crippen LogP contribution in [-0.4, -0.2) is 13.2 Å². The first-order valence-corrected chi connectivity index (χ1v) is 29.1. The van der Waals surface area contributed by atoms with E-state index in [2.05, 4.69) is 131 Å². The van der Waals surface area contributed by atoms with Gasteiger partial charge in [-0.3, -0.25) is 0 Å². The van der Waals surface area contributed by atoms with Gasteiger partial charge < -0.3 is 19.6 Å². The number of benzene rings is 3. The van der Waals surface area contributed by atoms with Crippen molar-refractivity contribution in [3.05, 3.63) is 120 Å². The second-order valence-electron chi connectivity index (χ2n) is 21.6. The number of hydrogen-bond donors (Lipinski definition) is 0. The predicted octanol–water partition coefficient (Wildman–Crippen LogP) is 16.1. The Morgan fingerprint density at radius 3 is 1.42 bits per heavy atom. The van der Waals surface area contributed by atoms with Crippen LogP contribution < -0.4 is 0 Å². The molecular formula is C55H80Cl2OZr. The normalized spacial score (nSPS) is 35.9. The van der Waals surface area contributed by atoms with Gasteiger partial charge in [0.25, 0.3) is 0 Å². The van der Waals surface area contributed by atoms with Crippen LogP contribution in [0.4, 0.5) is 0 Å². The number of rotatable bonds is 6. The molecule has 0 N–H and O–H groups in total. The Kier molecular flexibility index (Phi) is 16.5. The van der Waals surface area contributed by atoms with Crippen LogP contribution >= 0.6 is 17.0 Å². The number of halogens is 2. The Labute approximate surface area is 382 Å². The first-order valence-electron chi connectivity index (χ1n) is 22.8. The van der Waals surface area contributed by atoms with E-state index in [-0.39, 0.29) is 26.4 Å². The molecule has 0 amide bonds. The third-order valence-corrected chi connectivity index (χ3v) is 16.8. The summed E-state index contributed by atoms with van der Waals surface area (Å²) in [6.07, 6.45) is 10.1. The fourth-order valence-corrected chi connectivity index (χ4v) is 15.4. The van der Waals surface area contributed by atoms with Crippen molar-refractivity contribution in [2.24, 2.45) is 70.5 Å². The van der Waals surface area contributed by atoms with Crippen molar-refractivity contribution in [3.63, 3.8) is 0 Å². The van der Waals surface area contributed by atoms with E-state index < -0.39 is 20.8 Å². The first-order chi connectivity index (χ1) is 27.0. The van der Waals surface area contributed by atoms with E-state index in [1.165, 1.54) is 78.3 Å². The van der Waals surface area contributed by atoms with Crippen molar-refractivity contribution in [2.75, 3.05) is 7.11 Å². The van der Waals surface area contributed by atoms with Gasteiger partial charge in [-0.25, -0.2) is 0 Å². The topological polar surface area (TPSA) is 9.23 Å². The summed E-state index contributed by atoms with van der Waals surface area (Å²) in [7, 11) is 11.9. The van der Waals surface area contributed by atoms with Crippen LogP contribution in [0.2, 0.25) is 0 Å². The van der Waals surface area contributed by atoms with Gasteiger partial charge in [-0.05, 0) is 179 Å². The van der Waals surface area contributed by atoms with Crippen molar-refractivity contribution in [1.82, 2.24) is 0 Å². The zero-order valence-corrected chi connectivity index (χ0v) is 43.4. The molecule has 0 spiro atoms. The van der Waals surface area contributed by atoms with Gasteiger partial charge in [-0.1, -0.05) is 129 Å². The Hall–Kier alpha value is -0.917. The molecule has 0 aliphatic heterocycles. The molecule has 15 unspecified atom stereocenters. The van der Waals surface area contributed by atoms with Gasteiger partial charge in [-0.15, -0.1) is 0 Å². The number of methoxy groups -OCH3 is 1. The monoisotopic (exact) mass is 916 g/mol. The summed E-state index contributed by atoms with van der Waals surface area (Å²) in [6.45, 7) is 26.9. The molecule has 15 atom stereocenters. The zero-order chi connectivity index (χ0) is 41.1. The number of aryl methyl sites for hydroxylation is 6. The average Bonchev–Trinajstić information content (AvgIpc) is 3.80. The van der Waals surface area contributed by atoms with Gasteiger partial charge in [-0.2, -0.15) is 0 Å². The molecule has 1 nitrogen and oxygen atoms in total. The van der Waals surface area contributed by atoms with E-state index in [1.54, 1.807) is 16.7 Å². The van der Waals surface area contributed by atoms with Crippen molar-refractivity contribution < 1.29 is 25.6 Å². The number of fused-ring (bicyclic) bond motifs is 3. The fourth-order valence-electron chi connectivity index (χ4n) is 15.4. The van der Waals surface area contributed by atoms with Gasteiger partial charge in [0.15, 0.2) is 0 Å². The van der Waals surface area contributed by atoms with E-state index in [0.29, 0.717) is 29.6 Å². The molecule has 0 bridgehead atoms. The molecule has 59 heavy (non-hydrogen) atoms. The molecule has 3 aromatic carbocycles. The summed E-state index contributed by atoms with van der Waals surface area (Å²) in [4.78, 5) is 0. The van der Waals surface area contributed by atoms with Crippen molar-refractivity contribution in [1.29, 1.82) is 0 Å². The van der Waals surface area contributed by atoms with Crippen LogP contribution in [0.3, 0.4) is 0 Å². The van der Waals surface area contributed by atoms with Crippen LogP contribution in [0.25, 0.3) is 0 Å².